The molecule has 0 bridgehead atoms. The summed E-state index contributed by atoms with van der Waals surface area (Å²) in [5.74, 6) is 0. The van der Waals surface area contributed by atoms with E-state index >= 15 is 0 Å². The lowest BCUT2D eigenvalue weighted by molar-refractivity contribution is 0.240. The molecule has 0 aliphatic carbocycles. The molecule has 0 spiro atoms. The topological polar surface area (TPSA) is 93.4 Å². The van der Waals surface area contributed by atoms with Gasteiger partial charge >= 0.3 is 0 Å². The van der Waals surface area contributed by atoms with Crippen molar-refractivity contribution in [3.8, 4) is 0 Å². The third-order valence-corrected chi connectivity index (χ3v) is 5.87. The van der Waals surface area contributed by atoms with E-state index in [0.717, 1.165) is 28.6 Å². The van der Waals surface area contributed by atoms with Gasteiger partial charge in [-0.05, 0) is 31.0 Å². The van der Waals surface area contributed by atoms with Crippen LogP contribution in [0.2, 0.25) is 0 Å². The first kappa shape index (κ1) is 18.8. The van der Waals surface area contributed by atoms with Crippen LogP contribution in [0.15, 0.2) is 39.0 Å². The summed E-state index contributed by atoms with van der Waals surface area (Å²) in [6, 6.07) is 3.86. The fourth-order valence-electron chi connectivity index (χ4n) is 3.68. The lowest BCUT2D eigenvalue weighted by Gasteiger charge is -2.27. The summed E-state index contributed by atoms with van der Waals surface area (Å²) in [6.07, 6.45) is 4.83. The monoisotopic (exact) mass is 399 g/mol. The van der Waals surface area contributed by atoms with E-state index in [-0.39, 0.29) is 10.6 Å². The first-order valence-electron chi connectivity index (χ1n) is 9.01. The highest BCUT2D eigenvalue weighted by molar-refractivity contribution is 7.90. The number of sulfone groups is 1. The van der Waals surface area contributed by atoms with Crippen LogP contribution in [0.3, 0.4) is 0 Å². The van der Waals surface area contributed by atoms with Crippen molar-refractivity contribution >= 4 is 20.8 Å². The molecular formula is C20H21N3O4S. The zero-order valence-corrected chi connectivity index (χ0v) is 16.8. The van der Waals surface area contributed by atoms with E-state index in [1.165, 1.54) is 0 Å². The number of fused-ring (bicyclic) bond motifs is 2. The van der Waals surface area contributed by atoms with Crippen molar-refractivity contribution in [2.75, 3.05) is 12.8 Å². The second-order valence-electron chi connectivity index (χ2n) is 7.40. The highest BCUT2D eigenvalue weighted by Gasteiger charge is 2.22. The van der Waals surface area contributed by atoms with Crippen LogP contribution in [-0.2, 0) is 29.3 Å². The lowest BCUT2D eigenvalue weighted by atomic mass is 10.0. The van der Waals surface area contributed by atoms with Crippen LogP contribution in [0.1, 0.15) is 27.9 Å². The maximum atomic E-state index is 13.0. The van der Waals surface area contributed by atoms with E-state index in [1.54, 1.807) is 12.5 Å². The zero-order chi connectivity index (χ0) is 20.1. The molecule has 0 atom stereocenters. The summed E-state index contributed by atoms with van der Waals surface area (Å²) >= 11 is 0. The molecule has 0 unspecified atom stereocenters. The Morgan fingerprint density at radius 3 is 2.79 bits per heavy atom. The van der Waals surface area contributed by atoms with Gasteiger partial charge in [0.15, 0.2) is 5.43 Å². The number of hydrogen-bond acceptors (Lipinski definition) is 7. The molecule has 3 aromatic rings. The molecule has 2 aromatic heterocycles. The van der Waals surface area contributed by atoms with Crippen LogP contribution in [-0.4, -0.2) is 36.1 Å². The minimum absolute atomic E-state index is 0.00628. The van der Waals surface area contributed by atoms with Gasteiger partial charge in [-0.2, -0.15) is 0 Å². The number of aromatic nitrogens is 2. The third kappa shape index (κ3) is 3.45. The standard InChI is InChI=1S/C20H21N3O4S/c1-12-6-13(2)18-17(7-12)27-11-15(19(18)24)10-23-5-4-16-14(9-23)8-21-20(22-16)28(3,25)26/h6-8,11H,4-5,9-10H2,1-3H3. The van der Waals surface area contributed by atoms with Crippen LogP contribution < -0.4 is 5.43 Å². The summed E-state index contributed by atoms with van der Waals surface area (Å²) in [7, 11) is -3.42. The van der Waals surface area contributed by atoms with Gasteiger partial charge < -0.3 is 4.42 Å². The van der Waals surface area contributed by atoms with Gasteiger partial charge in [-0.15, -0.1) is 0 Å². The smallest absolute Gasteiger partial charge is 0.246 e. The molecule has 3 heterocycles. The maximum absolute atomic E-state index is 13.0. The summed E-state index contributed by atoms with van der Waals surface area (Å²) < 4.78 is 29.0. The first-order valence-corrected chi connectivity index (χ1v) is 10.9. The minimum Gasteiger partial charge on any atom is -0.464 e. The number of hydrogen-bond donors (Lipinski definition) is 0. The average Bonchev–Trinajstić information content (AvgIpc) is 2.62. The van der Waals surface area contributed by atoms with E-state index in [1.807, 2.05) is 26.0 Å². The van der Waals surface area contributed by atoms with Crippen LogP contribution in [0.5, 0.6) is 0 Å². The summed E-state index contributed by atoms with van der Waals surface area (Å²) in [5.41, 5.74) is 4.82. The zero-order valence-electron chi connectivity index (χ0n) is 16.0. The summed E-state index contributed by atoms with van der Waals surface area (Å²) in [4.78, 5) is 23.3. The SMILES string of the molecule is Cc1cc(C)c2c(=O)c(CN3CCc4nc(S(C)(=O)=O)ncc4C3)coc2c1. The van der Waals surface area contributed by atoms with Crippen molar-refractivity contribution in [2.24, 2.45) is 0 Å². The second kappa shape index (κ2) is 6.79. The summed E-state index contributed by atoms with van der Waals surface area (Å²) in [5, 5.41) is 0.488. The molecule has 1 aromatic carbocycles. The fraction of sp³-hybridized carbons (Fsp3) is 0.350. The van der Waals surface area contributed by atoms with E-state index in [9.17, 15) is 13.2 Å². The Balaban J connectivity index is 1.61. The Kier molecular flexibility index (Phi) is 4.55. The Morgan fingerprint density at radius 1 is 1.25 bits per heavy atom. The maximum Gasteiger partial charge on any atom is 0.246 e. The Labute approximate surface area is 163 Å². The van der Waals surface area contributed by atoms with Crippen molar-refractivity contribution in [1.29, 1.82) is 0 Å². The molecular weight excluding hydrogens is 378 g/mol. The molecule has 28 heavy (non-hydrogen) atoms. The van der Waals surface area contributed by atoms with Gasteiger partial charge in [0.25, 0.3) is 0 Å². The highest BCUT2D eigenvalue weighted by atomic mass is 32.2. The molecule has 0 fully saturated rings. The molecule has 0 amide bonds. The second-order valence-corrected chi connectivity index (χ2v) is 9.31. The Hall–Kier alpha value is -2.58. The van der Waals surface area contributed by atoms with Gasteiger partial charge in [0, 0.05) is 49.6 Å². The van der Waals surface area contributed by atoms with Crippen molar-refractivity contribution in [1.82, 2.24) is 14.9 Å². The fourth-order valence-corrected chi connectivity index (χ4v) is 4.20. The molecule has 0 saturated heterocycles. The molecule has 0 radical (unpaired) electrons. The van der Waals surface area contributed by atoms with Crippen LogP contribution in [0.4, 0.5) is 0 Å². The largest absolute Gasteiger partial charge is 0.464 e. The average molecular weight is 399 g/mol. The predicted molar refractivity (Wildman–Crippen MR) is 105 cm³/mol. The van der Waals surface area contributed by atoms with Crippen LogP contribution >= 0.6 is 0 Å². The Bertz CT molecular complexity index is 1250. The number of benzene rings is 1. The molecule has 0 N–H and O–H groups in total. The number of aryl methyl sites for hydroxylation is 2. The quantitative estimate of drug-likeness (QED) is 0.623. The normalized spacial score (nSPS) is 15.0. The van der Waals surface area contributed by atoms with E-state index < -0.39 is 9.84 Å². The Morgan fingerprint density at radius 2 is 2.04 bits per heavy atom. The minimum atomic E-state index is -3.42. The number of nitrogens with zero attached hydrogens (tertiary/aromatic N) is 3. The first-order chi connectivity index (χ1) is 13.2. The van der Waals surface area contributed by atoms with E-state index in [0.29, 0.717) is 42.6 Å². The summed E-state index contributed by atoms with van der Waals surface area (Å²) in [6.45, 7) is 5.59. The lowest BCUT2D eigenvalue weighted by Crippen LogP contribution is -2.33. The molecule has 0 saturated carbocycles. The third-order valence-electron chi connectivity index (χ3n) is 5.01. The van der Waals surface area contributed by atoms with Crippen molar-refractivity contribution in [2.45, 2.75) is 38.5 Å². The molecule has 1 aliphatic heterocycles. The molecule has 8 heteroatoms. The molecule has 7 nitrogen and oxygen atoms in total. The van der Waals surface area contributed by atoms with Crippen LogP contribution in [0, 0.1) is 13.8 Å². The molecule has 146 valence electrons. The van der Waals surface area contributed by atoms with Gasteiger partial charge in [0.2, 0.25) is 15.0 Å². The van der Waals surface area contributed by atoms with E-state index in [2.05, 4.69) is 14.9 Å². The van der Waals surface area contributed by atoms with Gasteiger partial charge in [-0.3, -0.25) is 9.69 Å². The number of rotatable bonds is 3. The van der Waals surface area contributed by atoms with Crippen molar-refractivity contribution in [3.05, 3.63) is 62.8 Å². The van der Waals surface area contributed by atoms with Crippen molar-refractivity contribution in [3.63, 3.8) is 0 Å². The highest BCUT2D eigenvalue weighted by Crippen LogP contribution is 2.21. The van der Waals surface area contributed by atoms with Gasteiger partial charge in [-0.1, -0.05) is 6.07 Å². The van der Waals surface area contributed by atoms with Gasteiger partial charge in [0.05, 0.1) is 17.3 Å². The van der Waals surface area contributed by atoms with Crippen molar-refractivity contribution < 1.29 is 12.8 Å². The molecule has 4 rings (SSSR count). The van der Waals surface area contributed by atoms with Gasteiger partial charge in [-0.25, -0.2) is 18.4 Å². The van der Waals surface area contributed by atoms with Gasteiger partial charge in [0.1, 0.15) is 5.58 Å². The molecule has 1 aliphatic rings. The van der Waals surface area contributed by atoms with Crippen LogP contribution in [0.25, 0.3) is 11.0 Å². The predicted octanol–water partition coefficient (Wildman–Crippen LogP) is 2.16. The van der Waals surface area contributed by atoms with E-state index in [4.69, 9.17) is 4.42 Å².